The number of benzene rings is 2. The van der Waals surface area contributed by atoms with Crippen molar-refractivity contribution in [3.63, 3.8) is 0 Å². The number of rotatable bonds is 3. The Balaban J connectivity index is 2.43. The lowest BCUT2D eigenvalue weighted by Crippen LogP contribution is -2.13. The Hall–Kier alpha value is -2.30. The van der Waals surface area contributed by atoms with Crippen molar-refractivity contribution in [1.82, 2.24) is 0 Å². The van der Waals surface area contributed by atoms with Crippen LogP contribution in [0.5, 0.6) is 0 Å². The molecule has 0 spiro atoms. The van der Waals surface area contributed by atoms with Crippen LogP contribution < -0.4 is 4.90 Å². The first-order valence-electron chi connectivity index (χ1n) is 5.88. The highest BCUT2D eigenvalue weighted by Crippen LogP contribution is 2.33. The minimum absolute atomic E-state index is 0.370. The summed E-state index contributed by atoms with van der Waals surface area (Å²) in [6.45, 7) is 0. The lowest BCUT2D eigenvalue weighted by molar-refractivity contribution is -0.137. The van der Waals surface area contributed by atoms with Gasteiger partial charge in [-0.3, -0.25) is 4.79 Å². The second-order valence-electron chi connectivity index (χ2n) is 4.28. The van der Waals surface area contributed by atoms with Crippen LogP contribution >= 0.6 is 0 Å². The molecule has 0 heterocycles. The normalized spacial score (nSPS) is 11.2. The van der Waals surface area contributed by atoms with E-state index in [-0.39, 0.29) is 0 Å². The third-order valence-corrected chi connectivity index (χ3v) is 2.99. The van der Waals surface area contributed by atoms with E-state index in [2.05, 4.69) is 0 Å². The summed E-state index contributed by atoms with van der Waals surface area (Å²) in [4.78, 5) is 12.5. The Morgan fingerprint density at radius 2 is 1.75 bits per heavy atom. The number of anilines is 2. The molecule has 0 amide bonds. The van der Waals surface area contributed by atoms with Crippen molar-refractivity contribution in [2.45, 2.75) is 6.18 Å². The number of nitrogens with zero attached hydrogens (tertiary/aromatic N) is 1. The SMILES string of the molecule is CN(c1cccc(C(F)(F)F)c1)c1ccccc1C=O. The maximum Gasteiger partial charge on any atom is 0.416 e. The predicted octanol–water partition coefficient (Wildman–Crippen LogP) is 4.29. The van der Waals surface area contributed by atoms with Gasteiger partial charge in [0.25, 0.3) is 0 Å². The molecule has 0 unspecified atom stereocenters. The van der Waals surface area contributed by atoms with Crippen LogP contribution in [0, 0.1) is 0 Å². The molecule has 0 fully saturated rings. The fraction of sp³-hybridized carbons (Fsp3) is 0.133. The maximum absolute atomic E-state index is 12.7. The second kappa shape index (κ2) is 5.36. The zero-order valence-corrected chi connectivity index (χ0v) is 10.7. The van der Waals surface area contributed by atoms with Crippen molar-refractivity contribution < 1.29 is 18.0 Å². The van der Waals surface area contributed by atoms with Gasteiger partial charge in [-0.15, -0.1) is 0 Å². The molecule has 0 saturated carbocycles. The van der Waals surface area contributed by atoms with E-state index in [4.69, 9.17) is 0 Å². The summed E-state index contributed by atoms with van der Waals surface area (Å²) in [7, 11) is 1.62. The van der Waals surface area contributed by atoms with Gasteiger partial charge in [0.15, 0.2) is 6.29 Å². The molecule has 0 saturated heterocycles. The smallest absolute Gasteiger partial charge is 0.344 e. The van der Waals surface area contributed by atoms with Crippen molar-refractivity contribution >= 4 is 17.7 Å². The Morgan fingerprint density at radius 1 is 1.05 bits per heavy atom. The molecule has 0 radical (unpaired) electrons. The van der Waals surface area contributed by atoms with Gasteiger partial charge in [-0.2, -0.15) is 13.2 Å². The standard InChI is InChI=1S/C15H12F3NO/c1-19(14-8-3-2-5-11(14)10-20)13-7-4-6-12(9-13)15(16,17)18/h2-10H,1H3. The average molecular weight is 279 g/mol. The molecule has 0 atom stereocenters. The van der Waals surface area contributed by atoms with Gasteiger partial charge in [0.1, 0.15) is 0 Å². The largest absolute Gasteiger partial charge is 0.416 e. The molecule has 20 heavy (non-hydrogen) atoms. The van der Waals surface area contributed by atoms with Gasteiger partial charge in [0.2, 0.25) is 0 Å². The van der Waals surface area contributed by atoms with E-state index in [1.54, 1.807) is 42.3 Å². The fourth-order valence-electron chi connectivity index (χ4n) is 1.92. The Bertz CT molecular complexity index is 623. The van der Waals surface area contributed by atoms with E-state index in [1.807, 2.05) is 0 Å². The minimum atomic E-state index is -4.39. The number of para-hydroxylation sites is 1. The van der Waals surface area contributed by atoms with Crippen molar-refractivity contribution in [2.24, 2.45) is 0 Å². The Labute approximate surface area is 114 Å². The van der Waals surface area contributed by atoms with Gasteiger partial charge >= 0.3 is 6.18 Å². The number of alkyl halides is 3. The second-order valence-corrected chi connectivity index (χ2v) is 4.28. The van der Waals surface area contributed by atoms with E-state index in [9.17, 15) is 18.0 Å². The summed E-state index contributed by atoms with van der Waals surface area (Å²) >= 11 is 0. The molecule has 0 aliphatic rings. The maximum atomic E-state index is 12.7. The van der Waals surface area contributed by atoms with Crippen molar-refractivity contribution in [2.75, 3.05) is 11.9 Å². The summed E-state index contributed by atoms with van der Waals surface area (Å²) in [6.07, 6.45) is -3.71. The molecule has 0 bridgehead atoms. The number of aldehydes is 1. The topological polar surface area (TPSA) is 20.3 Å². The molecular formula is C15H12F3NO. The van der Waals surface area contributed by atoms with E-state index >= 15 is 0 Å². The van der Waals surface area contributed by atoms with Gasteiger partial charge in [0.05, 0.1) is 11.3 Å². The molecule has 2 rings (SSSR count). The van der Waals surface area contributed by atoms with E-state index in [0.29, 0.717) is 23.2 Å². The van der Waals surface area contributed by atoms with Crippen LogP contribution in [0.2, 0.25) is 0 Å². The van der Waals surface area contributed by atoms with E-state index in [1.165, 1.54) is 6.07 Å². The number of carbonyl (C=O) groups excluding carboxylic acids is 1. The van der Waals surface area contributed by atoms with Crippen molar-refractivity contribution in [1.29, 1.82) is 0 Å². The highest BCUT2D eigenvalue weighted by molar-refractivity contribution is 5.86. The van der Waals surface area contributed by atoms with Gasteiger partial charge in [-0.05, 0) is 30.3 Å². The number of hydrogen-bond acceptors (Lipinski definition) is 2. The van der Waals surface area contributed by atoms with Crippen LogP contribution in [0.1, 0.15) is 15.9 Å². The highest BCUT2D eigenvalue weighted by atomic mass is 19.4. The molecular weight excluding hydrogens is 267 g/mol. The Kier molecular flexibility index (Phi) is 3.79. The number of carbonyl (C=O) groups is 1. The summed E-state index contributed by atoms with van der Waals surface area (Å²) < 4.78 is 38.1. The van der Waals surface area contributed by atoms with E-state index < -0.39 is 11.7 Å². The van der Waals surface area contributed by atoms with Gasteiger partial charge < -0.3 is 4.90 Å². The predicted molar refractivity (Wildman–Crippen MR) is 71.3 cm³/mol. The molecule has 5 heteroatoms. The van der Waals surface area contributed by atoms with Gasteiger partial charge in [-0.1, -0.05) is 18.2 Å². The van der Waals surface area contributed by atoms with Crippen molar-refractivity contribution in [3.8, 4) is 0 Å². The van der Waals surface area contributed by atoms with Crippen LogP contribution in [0.4, 0.5) is 24.5 Å². The molecule has 0 aliphatic carbocycles. The average Bonchev–Trinajstić information content (AvgIpc) is 2.45. The van der Waals surface area contributed by atoms with Gasteiger partial charge in [0, 0.05) is 18.3 Å². The molecule has 0 aliphatic heterocycles. The molecule has 2 aromatic rings. The third-order valence-electron chi connectivity index (χ3n) is 2.99. The summed E-state index contributed by atoms with van der Waals surface area (Å²) in [5.74, 6) is 0. The van der Waals surface area contributed by atoms with E-state index in [0.717, 1.165) is 12.1 Å². The summed E-state index contributed by atoms with van der Waals surface area (Å²) in [5.41, 5.74) is 0.633. The molecule has 0 aromatic heterocycles. The first kappa shape index (κ1) is 14.1. The number of halogens is 3. The summed E-state index contributed by atoms with van der Waals surface area (Å²) in [5, 5.41) is 0. The zero-order valence-electron chi connectivity index (χ0n) is 10.7. The van der Waals surface area contributed by atoms with Crippen LogP contribution in [-0.2, 0) is 6.18 Å². The monoisotopic (exact) mass is 279 g/mol. The number of hydrogen-bond donors (Lipinski definition) is 0. The van der Waals surface area contributed by atoms with Crippen LogP contribution in [-0.4, -0.2) is 13.3 Å². The first-order chi connectivity index (χ1) is 9.43. The quantitative estimate of drug-likeness (QED) is 0.781. The molecule has 104 valence electrons. The third kappa shape index (κ3) is 2.82. The molecule has 2 aromatic carbocycles. The molecule has 0 N–H and O–H groups in total. The zero-order chi connectivity index (χ0) is 14.8. The fourth-order valence-corrected chi connectivity index (χ4v) is 1.92. The summed E-state index contributed by atoms with van der Waals surface area (Å²) in [6, 6.07) is 11.7. The minimum Gasteiger partial charge on any atom is -0.344 e. The molecule has 2 nitrogen and oxygen atoms in total. The lowest BCUT2D eigenvalue weighted by Gasteiger charge is -2.22. The Morgan fingerprint density at radius 3 is 2.40 bits per heavy atom. The highest BCUT2D eigenvalue weighted by Gasteiger charge is 2.30. The lowest BCUT2D eigenvalue weighted by atomic mass is 10.1. The van der Waals surface area contributed by atoms with Crippen molar-refractivity contribution in [3.05, 3.63) is 59.7 Å². The van der Waals surface area contributed by atoms with Crippen LogP contribution in [0.3, 0.4) is 0 Å². The van der Waals surface area contributed by atoms with Crippen LogP contribution in [0.15, 0.2) is 48.5 Å². The first-order valence-corrected chi connectivity index (χ1v) is 5.88. The van der Waals surface area contributed by atoms with Gasteiger partial charge in [-0.25, -0.2) is 0 Å². The van der Waals surface area contributed by atoms with Crippen LogP contribution in [0.25, 0.3) is 0 Å².